The lowest BCUT2D eigenvalue weighted by atomic mass is 10.1. The second-order valence-electron chi connectivity index (χ2n) is 7.29. The number of benzene rings is 3. The maximum absolute atomic E-state index is 12.5. The molecule has 4 aromatic rings. The summed E-state index contributed by atoms with van der Waals surface area (Å²) in [4.78, 5) is 7.55. The molecule has 7 heteroatoms. The van der Waals surface area contributed by atoms with Crippen molar-refractivity contribution < 1.29 is 4.85 Å². The van der Waals surface area contributed by atoms with Crippen LogP contribution in [0.3, 0.4) is 0 Å². The van der Waals surface area contributed by atoms with E-state index in [1.807, 2.05) is 54.6 Å². The van der Waals surface area contributed by atoms with Crippen LogP contribution in [0.15, 0.2) is 72.8 Å². The molecule has 30 heavy (non-hydrogen) atoms. The van der Waals surface area contributed by atoms with Crippen LogP contribution in [-0.2, 0) is 0 Å². The molecule has 1 saturated heterocycles. The van der Waals surface area contributed by atoms with Crippen LogP contribution in [0.4, 0.5) is 17.3 Å². The Morgan fingerprint density at radius 1 is 0.900 bits per heavy atom. The lowest BCUT2D eigenvalue weighted by Gasteiger charge is -2.29. The van der Waals surface area contributed by atoms with E-state index >= 15 is 0 Å². The van der Waals surface area contributed by atoms with Gasteiger partial charge >= 0.3 is 0 Å². The van der Waals surface area contributed by atoms with Crippen LogP contribution in [0.5, 0.6) is 0 Å². The van der Waals surface area contributed by atoms with Gasteiger partial charge in [-0.3, -0.25) is 0 Å². The second kappa shape index (κ2) is 7.96. The number of nitrogens with zero attached hydrogens (tertiary/aromatic N) is 4. The lowest BCUT2D eigenvalue weighted by molar-refractivity contribution is -0.641. The van der Waals surface area contributed by atoms with E-state index in [0.29, 0.717) is 15.9 Å². The number of fused-ring (bicyclic) bond motifs is 1. The Morgan fingerprint density at radius 3 is 2.57 bits per heavy atom. The summed E-state index contributed by atoms with van der Waals surface area (Å²) in [5, 5.41) is 23.1. The molecule has 0 unspecified atom stereocenters. The number of anilines is 3. The minimum Gasteiger partial charge on any atom is -0.594 e. The van der Waals surface area contributed by atoms with E-state index in [-0.39, 0.29) is 5.95 Å². The van der Waals surface area contributed by atoms with Gasteiger partial charge in [0.15, 0.2) is 0 Å². The molecule has 0 radical (unpaired) electrons. The fourth-order valence-corrected chi connectivity index (χ4v) is 3.75. The van der Waals surface area contributed by atoms with E-state index in [9.17, 15) is 5.21 Å². The van der Waals surface area contributed by atoms with Crippen molar-refractivity contribution >= 4 is 28.4 Å². The van der Waals surface area contributed by atoms with Gasteiger partial charge in [0.25, 0.3) is 11.5 Å². The Kier molecular flexibility index (Phi) is 4.86. The molecule has 1 fully saturated rings. The highest BCUT2D eigenvalue weighted by Crippen LogP contribution is 2.24. The number of hydrogen-bond donors (Lipinski definition) is 2. The van der Waals surface area contributed by atoms with Gasteiger partial charge in [-0.1, -0.05) is 36.4 Å². The summed E-state index contributed by atoms with van der Waals surface area (Å²) < 4.78 is 0. The average molecular weight is 398 g/mol. The molecule has 0 bridgehead atoms. The molecule has 7 nitrogen and oxygen atoms in total. The van der Waals surface area contributed by atoms with Crippen molar-refractivity contribution in [3.63, 3.8) is 0 Å². The second-order valence-corrected chi connectivity index (χ2v) is 7.29. The van der Waals surface area contributed by atoms with Gasteiger partial charge in [0.2, 0.25) is 0 Å². The summed E-state index contributed by atoms with van der Waals surface area (Å²) in [6.07, 6.45) is 0. The van der Waals surface area contributed by atoms with Gasteiger partial charge < -0.3 is 20.7 Å². The zero-order valence-corrected chi connectivity index (χ0v) is 16.5. The first-order chi connectivity index (χ1) is 14.8. The molecule has 0 aliphatic carbocycles. The van der Waals surface area contributed by atoms with E-state index in [0.717, 1.165) is 48.7 Å². The van der Waals surface area contributed by atoms with Crippen molar-refractivity contribution in [3.8, 4) is 11.1 Å². The average Bonchev–Trinajstić information content (AvgIpc) is 2.80. The predicted molar refractivity (Wildman–Crippen MR) is 119 cm³/mol. The van der Waals surface area contributed by atoms with Crippen molar-refractivity contribution in [2.75, 3.05) is 36.4 Å². The van der Waals surface area contributed by atoms with Crippen LogP contribution in [0.25, 0.3) is 22.2 Å². The van der Waals surface area contributed by atoms with Gasteiger partial charge in [-0.15, -0.1) is 0 Å². The molecule has 1 aromatic heterocycles. The highest BCUT2D eigenvalue weighted by Gasteiger charge is 2.14. The molecule has 2 heterocycles. The van der Waals surface area contributed by atoms with Crippen molar-refractivity contribution in [2.24, 2.45) is 0 Å². The molecule has 1 aliphatic heterocycles. The van der Waals surface area contributed by atoms with E-state index in [1.54, 1.807) is 6.07 Å². The summed E-state index contributed by atoms with van der Waals surface area (Å²) in [5.74, 6) is 0.278. The van der Waals surface area contributed by atoms with E-state index in [4.69, 9.17) is 0 Å². The molecule has 1 aliphatic rings. The highest BCUT2D eigenvalue weighted by atomic mass is 16.5. The summed E-state index contributed by atoms with van der Waals surface area (Å²) >= 11 is 0. The highest BCUT2D eigenvalue weighted by molar-refractivity contribution is 5.80. The third-order valence-corrected chi connectivity index (χ3v) is 5.28. The molecular formula is C23H22N6O. The quantitative estimate of drug-likeness (QED) is 0.406. The third-order valence-electron chi connectivity index (χ3n) is 5.28. The van der Waals surface area contributed by atoms with Crippen LogP contribution < -0.4 is 20.4 Å². The number of piperazine rings is 1. The summed E-state index contributed by atoms with van der Waals surface area (Å²) in [6, 6.07) is 23.7. The Labute approximate surface area is 174 Å². The monoisotopic (exact) mass is 398 g/mol. The van der Waals surface area contributed by atoms with Crippen LogP contribution in [-0.4, -0.2) is 36.3 Å². The molecule has 0 spiro atoms. The topological polar surface area (TPSA) is 80.0 Å². The van der Waals surface area contributed by atoms with Crippen molar-refractivity contribution in [2.45, 2.75) is 0 Å². The number of nitrogens with one attached hydrogen (secondary N) is 2. The first-order valence-electron chi connectivity index (χ1n) is 10.1. The molecule has 5 rings (SSSR count). The van der Waals surface area contributed by atoms with Gasteiger partial charge in [0.1, 0.15) is 5.52 Å². The Morgan fingerprint density at radius 2 is 1.73 bits per heavy atom. The summed E-state index contributed by atoms with van der Waals surface area (Å²) in [6.45, 7) is 3.90. The molecular weight excluding hydrogens is 376 g/mol. The van der Waals surface area contributed by atoms with Gasteiger partial charge in [-0.05, 0) is 46.3 Å². The molecule has 0 atom stereocenters. The summed E-state index contributed by atoms with van der Waals surface area (Å²) in [7, 11) is 0. The normalized spacial score (nSPS) is 14.1. The molecule has 3 aromatic carbocycles. The van der Waals surface area contributed by atoms with Crippen LogP contribution >= 0.6 is 0 Å². The van der Waals surface area contributed by atoms with E-state index in [2.05, 4.69) is 37.7 Å². The van der Waals surface area contributed by atoms with Gasteiger partial charge in [-0.25, -0.2) is 4.98 Å². The first-order valence-corrected chi connectivity index (χ1v) is 10.1. The van der Waals surface area contributed by atoms with Crippen molar-refractivity contribution in [3.05, 3.63) is 78.0 Å². The summed E-state index contributed by atoms with van der Waals surface area (Å²) in [5.41, 5.74) is 5.12. The fraction of sp³-hybridized carbons (Fsp3) is 0.174. The van der Waals surface area contributed by atoms with Gasteiger partial charge in [-0.2, -0.15) is 0 Å². The molecule has 2 N–H and O–H groups in total. The Balaban J connectivity index is 1.46. The van der Waals surface area contributed by atoms with Crippen LogP contribution in [0, 0.1) is 5.21 Å². The van der Waals surface area contributed by atoms with Crippen molar-refractivity contribution in [1.82, 2.24) is 15.4 Å². The molecule has 0 saturated carbocycles. The minimum atomic E-state index is 0.278. The van der Waals surface area contributed by atoms with E-state index < -0.39 is 0 Å². The van der Waals surface area contributed by atoms with Gasteiger partial charge in [0.05, 0.1) is 5.10 Å². The van der Waals surface area contributed by atoms with Gasteiger partial charge in [0, 0.05) is 43.6 Å². The lowest BCUT2D eigenvalue weighted by Crippen LogP contribution is -2.43. The number of hydrogen-bond acceptors (Lipinski definition) is 6. The Bertz CT molecular complexity index is 1170. The smallest absolute Gasteiger partial charge is 0.295 e. The standard InChI is InChI=1S/C23H22N6O/c30-29-22-10-9-18(17-5-2-1-3-6-17)15-21(22)26-23(27-29)25-19-7-4-8-20(16-19)28-13-11-24-12-14-28/h1-10,15-16,24H,11-14H2,(H,25,26,27). The van der Waals surface area contributed by atoms with Crippen LogP contribution in [0.1, 0.15) is 0 Å². The third kappa shape index (κ3) is 3.75. The zero-order valence-electron chi connectivity index (χ0n) is 16.5. The maximum Gasteiger partial charge on any atom is 0.295 e. The number of aromatic nitrogens is 3. The largest absolute Gasteiger partial charge is 0.594 e. The first kappa shape index (κ1) is 18.3. The van der Waals surface area contributed by atoms with Crippen molar-refractivity contribution in [1.29, 1.82) is 0 Å². The minimum absolute atomic E-state index is 0.278. The zero-order chi connectivity index (χ0) is 20.3. The predicted octanol–water partition coefficient (Wildman–Crippen LogP) is 3.08. The fourth-order valence-electron chi connectivity index (χ4n) is 3.75. The van der Waals surface area contributed by atoms with Crippen LogP contribution in [0.2, 0.25) is 0 Å². The molecule has 150 valence electrons. The van der Waals surface area contributed by atoms with E-state index in [1.165, 1.54) is 0 Å². The SMILES string of the molecule is [O-][n+]1nc(Nc2cccc(N3CCNCC3)c2)nc2cc(-c3ccccc3)ccc21. The maximum atomic E-state index is 12.5. The molecule has 0 amide bonds. The Hall–Kier alpha value is -3.71. The number of rotatable bonds is 4.